The van der Waals surface area contributed by atoms with Crippen LogP contribution >= 0.6 is 0 Å². The lowest BCUT2D eigenvalue weighted by atomic mass is 9.79. The van der Waals surface area contributed by atoms with Crippen molar-refractivity contribution in [2.24, 2.45) is 17.1 Å². The van der Waals surface area contributed by atoms with Crippen LogP contribution in [0.15, 0.2) is 29.2 Å². The molecule has 0 radical (unpaired) electrons. The number of hydrogen-bond donors (Lipinski definition) is 1. The highest BCUT2D eigenvalue weighted by Gasteiger charge is 2.35. The fraction of sp³-hybridized carbons (Fsp3) is 0.650. The van der Waals surface area contributed by atoms with Crippen LogP contribution < -0.4 is 5.73 Å². The lowest BCUT2D eigenvalue weighted by Crippen LogP contribution is -2.54. The van der Waals surface area contributed by atoms with Crippen LogP contribution in [0.1, 0.15) is 50.4 Å². The molecule has 0 bridgehead atoms. The Morgan fingerprint density at radius 1 is 1.07 bits per heavy atom. The average Bonchev–Trinajstić information content (AvgIpc) is 2.64. The van der Waals surface area contributed by atoms with Crippen molar-refractivity contribution in [1.82, 2.24) is 9.21 Å². The summed E-state index contributed by atoms with van der Waals surface area (Å²) < 4.78 is 27.2. The molecule has 1 unspecified atom stereocenters. The third kappa shape index (κ3) is 4.20. The molecule has 2 saturated heterocycles. The topological polar surface area (TPSA) is 83.7 Å². The van der Waals surface area contributed by atoms with Crippen molar-refractivity contribution in [2.75, 3.05) is 26.2 Å². The second-order valence-corrected chi connectivity index (χ2v) is 10.7. The molecule has 6 nitrogen and oxygen atoms in total. The SMILES string of the molecule is CC1CCN(S(=O)(=O)c2ccc(C(=O)N3CCC(N)C(C)(C)C3)cc2)CC1. The zero-order valence-corrected chi connectivity index (χ0v) is 17.3. The van der Waals surface area contributed by atoms with Crippen LogP contribution in [0.3, 0.4) is 0 Å². The van der Waals surface area contributed by atoms with E-state index in [9.17, 15) is 13.2 Å². The molecule has 150 valence electrons. The summed E-state index contributed by atoms with van der Waals surface area (Å²) in [6.45, 7) is 8.67. The number of benzene rings is 1. The first-order valence-corrected chi connectivity index (χ1v) is 11.2. The Balaban J connectivity index is 1.72. The summed E-state index contributed by atoms with van der Waals surface area (Å²) >= 11 is 0. The number of nitrogens with two attached hydrogens (primary N) is 1. The Morgan fingerprint density at radius 3 is 2.22 bits per heavy atom. The molecule has 0 saturated carbocycles. The maximum Gasteiger partial charge on any atom is 0.253 e. The van der Waals surface area contributed by atoms with Crippen LogP contribution in [0.25, 0.3) is 0 Å². The normalized spacial score (nSPS) is 24.7. The maximum atomic E-state index is 12.8. The van der Waals surface area contributed by atoms with Crippen molar-refractivity contribution in [1.29, 1.82) is 0 Å². The van der Waals surface area contributed by atoms with Crippen molar-refractivity contribution in [3.05, 3.63) is 29.8 Å². The minimum Gasteiger partial charge on any atom is -0.338 e. The molecule has 2 heterocycles. The van der Waals surface area contributed by atoms with E-state index in [-0.39, 0.29) is 22.3 Å². The molecule has 2 fully saturated rings. The summed E-state index contributed by atoms with van der Waals surface area (Å²) in [5.74, 6) is 0.504. The number of hydrogen-bond acceptors (Lipinski definition) is 4. The standard InChI is InChI=1S/C20H31N3O3S/c1-15-8-12-23(13-9-15)27(25,26)17-6-4-16(5-7-17)19(24)22-11-10-18(21)20(2,3)14-22/h4-7,15,18H,8-14,21H2,1-3H3. The van der Waals surface area contributed by atoms with Gasteiger partial charge in [-0.15, -0.1) is 0 Å². The molecule has 1 aromatic carbocycles. The van der Waals surface area contributed by atoms with Crippen molar-refractivity contribution >= 4 is 15.9 Å². The number of amides is 1. The van der Waals surface area contributed by atoms with Crippen LogP contribution in [-0.2, 0) is 10.0 Å². The fourth-order valence-corrected chi connectivity index (χ4v) is 5.34. The Kier molecular flexibility index (Phi) is 5.66. The summed E-state index contributed by atoms with van der Waals surface area (Å²) in [7, 11) is -3.49. The predicted octanol–water partition coefficient (Wildman–Crippen LogP) is 2.31. The molecule has 27 heavy (non-hydrogen) atoms. The quantitative estimate of drug-likeness (QED) is 0.854. The lowest BCUT2D eigenvalue weighted by Gasteiger charge is -2.42. The highest BCUT2D eigenvalue weighted by Crippen LogP contribution is 2.29. The Hall–Kier alpha value is -1.44. The molecule has 0 aliphatic carbocycles. The van der Waals surface area contributed by atoms with E-state index in [4.69, 9.17) is 5.73 Å². The summed E-state index contributed by atoms with van der Waals surface area (Å²) in [5.41, 5.74) is 6.55. The summed E-state index contributed by atoms with van der Waals surface area (Å²) in [6, 6.07) is 6.46. The molecule has 2 aliphatic rings. The Morgan fingerprint density at radius 2 is 1.67 bits per heavy atom. The van der Waals surface area contributed by atoms with Crippen molar-refractivity contribution in [3.8, 4) is 0 Å². The first kappa shape index (κ1) is 20.3. The van der Waals surface area contributed by atoms with Crippen molar-refractivity contribution in [2.45, 2.75) is 51.0 Å². The lowest BCUT2D eigenvalue weighted by molar-refractivity contribution is 0.0533. The first-order valence-electron chi connectivity index (χ1n) is 9.76. The first-order chi connectivity index (χ1) is 12.6. The molecule has 3 rings (SSSR count). The average molecular weight is 394 g/mol. The van der Waals surface area contributed by atoms with Gasteiger partial charge in [-0.3, -0.25) is 4.79 Å². The van der Waals surface area contributed by atoms with Crippen LogP contribution in [-0.4, -0.2) is 55.8 Å². The number of carbonyl (C=O) groups excluding carboxylic acids is 1. The minimum absolute atomic E-state index is 0.0641. The molecule has 1 aromatic rings. The number of piperidine rings is 2. The summed E-state index contributed by atoms with van der Waals surface area (Å²) in [6.07, 6.45) is 2.56. The number of likely N-dealkylation sites (tertiary alicyclic amines) is 1. The molecule has 0 aromatic heterocycles. The van der Waals surface area contributed by atoms with E-state index in [2.05, 4.69) is 20.8 Å². The van der Waals surface area contributed by atoms with E-state index in [0.717, 1.165) is 19.3 Å². The highest BCUT2D eigenvalue weighted by atomic mass is 32.2. The van der Waals surface area contributed by atoms with Crippen molar-refractivity contribution < 1.29 is 13.2 Å². The van der Waals surface area contributed by atoms with Gasteiger partial charge >= 0.3 is 0 Å². The minimum atomic E-state index is -3.49. The molecule has 2 N–H and O–H groups in total. The second-order valence-electron chi connectivity index (χ2n) is 8.72. The van der Waals surface area contributed by atoms with Gasteiger partial charge in [-0.2, -0.15) is 4.31 Å². The van der Waals surface area contributed by atoms with Gasteiger partial charge in [0.1, 0.15) is 0 Å². The highest BCUT2D eigenvalue weighted by molar-refractivity contribution is 7.89. The molecular weight excluding hydrogens is 362 g/mol. The smallest absolute Gasteiger partial charge is 0.253 e. The van der Waals surface area contributed by atoms with Gasteiger partial charge in [-0.05, 0) is 54.9 Å². The van der Waals surface area contributed by atoms with E-state index in [1.165, 1.54) is 0 Å². The van der Waals surface area contributed by atoms with E-state index >= 15 is 0 Å². The summed E-state index contributed by atoms with van der Waals surface area (Å²) in [4.78, 5) is 14.9. The van der Waals surface area contributed by atoms with Gasteiger partial charge in [0, 0.05) is 37.8 Å². The van der Waals surface area contributed by atoms with Crippen LogP contribution in [0.2, 0.25) is 0 Å². The molecule has 7 heteroatoms. The van der Waals surface area contributed by atoms with Gasteiger partial charge in [-0.25, -0.2) is 8.42 Å². The van der Waals surface area contributed by atoms with Gasteiger partial charge < -0.3 is 10.6 Å². The number of carbonyl (C=O) groups is 1. The van der Waals surface area contributed by atoms with Crippen LogP contribution in [0.5, 0.6) is 0 Å². The molecule has 1 amide bonds. The molecular formula is C20H31N3O3S. The fourth-order valence-electron chi connectivity index (χ4n) is 3.87. The third-order valence-electron chi connectivity index (χ3n) is 6.08. The largest absolute Gasteiger partial charge is 0.338 e. The van der Waals surface area contributed by atoms with Crippen molar-refractivity contribution in [3.63, 3.8) is 0 Å². The van der Waals surface area contributed by atoms with Gasteiger partial charge in [-0.1, -0.05) is 20.8 Å². The van der Waals surface area contributed by atoms with E-state index in [1.54, 1.807) is 28.6 Å². The Bertz CT molecular complexity index is 781. The number of nitrogens with zero attached hydrogens (tertiary/aromatic N) is 2. The van der Waals surface area contributed by atoms with Gasteiger partial charge in [0.25, 0.3) is 5.91 Å². The number of sulfonamides is 1. The van der Waals surface area contributed by atoms with E-state index in [1.807, 2.05) is 4.90 Å². The monoisotopic (exact) mass is 393 g/mol. The second kappa shape index (κ2) is 7.53. The summed E-state index contributed by atoms with van der Waals surface area (Å²) in [5, 5.41) is 0. The van der Waals surface area contributed by atoms with E-state index < -0.39 is 10.0 Å². The number of rotatable bonds is 3. The van der Waals surface area contributed by atoms with Gasteiger partial charge in [0.2, 0.25) is 10.0 Å². The zero-order chi connectivity index (χ0) is 19.8. The molecule has 0 spiro atoms. The van der Waals surface area contributed by atoms with Gasteiger partial charge in [0.05, 0.1) is 4.90 Å². The van der Waals surface area contributed by atoms with E-state index in [0.29, 0.717) is 37.7 Å². The predicted molar refractivity (Wildman–Crippen MR) is 106 cm³/mol. The van der Waals surface area contributed by atoms with Gasteiger partial charge in [0.15, 0.2) is 0 Å². The zero-order valence-electron chi connectivity index (χ0n) is 16.5. The van der Waals surface area contributed by atoms with Crippen LogP contribution in [0.4, 0.5) is 0 Å². The molecule has 1 atom stereocenters. The third-order valence-corrected chi connectivity index (χ3v) is 7.99. The molecule has 2 aliphatic heterocycles. The Labute approximate surface area is 162 Å². The maximum absolute atomic E-state index is 12.8. The van der Waals surface area contributed by atoms with Crippen LogP contribution in [0, 0.1) is 11.3 Å².